The molecule has 42 heavy (non-hydrogen) atoms. The number of ether oxygens (including phenoxy) is 2. The van der Waals surface area contributed by atoms with E-state index in [9.17, 15) is 13.2 Å². The van der Waals surface area contributed by atoms with Crippen LogP contribution in [0, 0.1) is 0 Å². The quantitative estimate of drug-likeness (QED) is 0.258. The second kappa shape index (κ2) is 11.8. The van der Waals surface area contributed by atoms with Crippen LogP contribution in [0.15, 0.2) is 84.0 Å². The molecule has 3 aliphatic rings. The molecule has 3 heterocycles. The number of para-hydroxylation sites is 2. The Kier molecular flexibility index (Phi) is 7.77. The maximum atomic E-state index is 13.4. The van der Waals surface area contributed by atoms with Crippen molar-refractivity contribution in [1.29, 1.82) is 0 Å². The molecule has 0 atom stereocenters. The number of benzene rings is 3. The zero-order chi connectivity index (χ0) is 29.1. The number of hydrogen-bond donors (Lipinski definition) is 1. The molecule has 8 nitrogen and oxygen atoms in total. The Morgan fingerprint density at radius 2 is 1.76 bits per heavy atom. The van der Waals surface area contributed by atoms with Gasteiger partial charge in [-0.3, -0.25) is 9.89 Å². The Labute approximate surface area is 240 Å². The van der Waals surface area contributed by atoms with Gasteiger partial charge in [-0.15, -0.1) is 0 Å². The molecule has 1 N–H and O–H groups in total. The van der Waals surface area contributed by atoms with Gasteiger partial charge in [0.2, 0.25) is 5.88 Å². The third-order valence-electron chi connectivity index (χ3n) is 7.19. The number of hydrogen-bond acceptors (Lipinski definition) is 7. The molecule has 216 valence electrons. The molecule has 0 amide bonds. The number of anilines is 2. The van der Waals surface area contributed by atoms with Crippen LogP contribution in [0.1, 0.15) is 5.56 Å². The molecule has 0 unspecified atom stereocenters. The first-order valence-electron chi connectivity index (χ1n) is 13.6. The predicted octanol–water partition coefficient (Wildman–Crippen LogP) is 5.53. The van der Waals surface area contributed by atoms with Gasteiger partial charge in [0.05, 0.1) is 65.9 Å². The number of morpholine rings is 1. The number of rotatable bonds is 7. The van der Waals surface area contributed by atoms with Gasteiger partial charge in [-0.2, -0.15) is 13.2 Å². The van der Waals surface area contributed by atoms with E-state index in [4.69, 9.17) is 19.5 Å². The smallest absolute Gasteiger partial charge is 0.416 e. The van der Waals surface area contributed by atoms with Crippen molar-refractivity contribution in [3.8, 4) is 23.0 Å². The van der Waals surface area contributed by atoms with E-state index in [2.05, 4.69) is 15.2 Å². The lowest BCUT2D eigenvalue weighted by Crippen LogP contribution is -2.38. The molecule has 3 aromatic rings. The molecule has 2 aliphatic heterocycles. The van der Waals surface area contributed by atoms with Crippen LogP contribution >= 0.6 is 0 Å². The third kappa shape index (κ3) is 5.79. The normalized spacial score (nSPS) is 14.9. The fourth-order valence-corrected chi connectivity index (χ4v) is 5.08. The summed E-state index contributed by atoms with van der Waals surface area (Å²) < 4.78 is 52.9. The highest BCUT2D eigenvalue weighted by Crippen LogP contribution is 2.34. The van der Waals surface area contributed by atoms with Crippen LogP contribution in [0.5, 0.6) is 5.88 Å². The maximum Gasteiger partial charge on any atom is 0.416 e. The lowest BCUT2D eigenvalue weighted by molar-refractivity contribution is -0.137. The minimum atomic E-state index is -4.42. The molecule has 1 saturated heterocycles. The number of nitrogens with zero attached hydrogens (tertiary/aromatic N) is 5. The number of alkyl halides is 3. The highest BCUT2D eigenvalue weighted by Gasteiger charge is 2.30. The second-order valence-electron chi connectivity index (χ2n) is 9.86. The molecule has 11 heteroatoms. The minimum absolute atomic E-state index is 0.433. The Morgan fingerprint density at radius 1 is 0.976 bits per heavy atom. The van der Waals surface area contributed by atoms with Gasteiger partial charge in [0.15, 0.2) is 0 Å². The second-order valence-corrected chi connectivity index (χ2v) is 9.86. The summed E-state index contributed by atoms with van der Waals surface area (Å²) in [5.74, 6) is 0.433. The molecule has 0 radical (unpaired) electrons. The molecule has 2 aromatic carbocycles. The predicted molar refractivity (Wildman–Crippen MR) is 154 cm³/mol. The molecule has 0 saturated carbocycles. The van der Waals surface area contributed by atoms with Gasteiger partial charge < -0.3 is 19.4 Å². The summed E-state index contributed by atoms with van der Waals surface area (Å²) in [6, 6.07) is 20.2. The summed E-state index contributed by atoms with van der Waals surface area (Å²) in [6.45, 7) is 4.44. The lowest BCUT2D eigenvalue weighted by Gasteiger charge is -2.25. The first kappa shape index (κ1) is 27.7. The standard InChI is InChI=1S/C31H29F3N6O2/c1-41-30-24(6-4-12-36-30)38-26-19-27-29(20-25(26)35-13-14-39-15-17-42-18-16-39)40(28-7-3-2-5-23(28)37-27)22-10-8-21(9-11-22)31(32,33)34/h2-12,19-20,38H,13-18H2,1H3/b35-25+. The largest absolute Gasteiger partial charge is 0.480 e. The molecule has 6 rings (SSSR count). The number of methoxy groups -OCH3 is 1. The Morgan fingerprint density at radius 3 is 2.52 bits per heavy atom. The van der Waals surface area contributed by atoms with Crippen molar-refractivity contribution in [1.82, 2.24) is 19.4 Å². The average molecular weight is 575 g/mol. The first-order chi connectivity index (χ1) is 20.4. The molecule has 0 bridgehead atoms. The minimum Gasteiger partial charge on any atom is -0.480 e. The van der Waals surface area contributed by atoms with Crippen LogP contribution in [0.25, 0.3) is 28.1 Å². The van der Waals surface area contributed by atoms with Gasteiger partial charge in [0.25, 0.3) is 0 Å². The van der Waals surface area contributed by atoms with Crippen molar-refractivity contribution in [2.24, 2.45) is 4.99 Å². The van der Waals surface area contributed by atoms with Gasteiger partial charge in [-0.05, 0) is 60.7 Å². The van der Waals surface area contributed by atoms with E-state index in [-0.39, 0.29) is 0 Å². The Balaban J connectivity index is 1.52. The van der Waals surface area contributed by atoms with Gasteiger partial charge in [-0.25, -0.2) is 9.97 Å². The number of nitrogens with one attached hydrogen (secondary N) is 1. The highest BCUT2D eigenvalue weighted by atomic mass is 19.4. The SMILES string of the molecule is COc1ncccc1Nc1cc2nc3ccccc3n(-c3ccc(C(F)(F)F)cc3)c-2c/c1=N\CCN1CCOCC1. The highest BCUT2D eigenvalue weighted by molar-refractivity contribution is 5.84. The van der Waals surface area contributed by atoms with Crippen LogP contribution < -0.4 is 15.4 Å². The Hall–Kier alpha value is -4.48. The number of aromatic nitrogens is 3. The van der Waals surface area contributed by atoms with E-state index in [1.165, 1.54) is 12.1 Å². The molecule has 0 spiro atoms. The summed E-state index contributed by atoms with van der Waals surface area (Å²) >= 11 is 0. The van der Waals surface area contributed by atoms with Crippen molar-refractivity contribution in [3.63, 3.8) is 0 Å². The van der Waals surface area contributed by atoms with Gasteiger partial charge >= 0.3 is 6.18 Å². The van der Waals surface area contributed by atoms with Crippen LogP contribution in [-0.2, 0) is 10.9 Å². The summed E-state index contributed by atoms with van der Waals surface area (Å²) in [6.07, 6.45) is -2.77. The topological polar surface area (TPSA) is 76.8 Å². The van der Waals surface area contributed by atoms with E-state index in [1.807, 2.05) is 53.1 Å². The summed E-state index contributed by atoms with van der Waals surface area (Å²) in [5.41, 5.74) is 4.07. The van der Waals surface area contributed by atoms with Crippen LogP contribution in [-0.4, -0.2) is 65.9 Å². The first-order valence-corrected chi connectivity index (χ1v) is 13.6. The van der Waals surface area contributed by atoms with Crippen LogP contribution in [0.2, 0.25) is 0 Å². The van der Waals surface area contributed by atoms with Crippen molar-refractivity contribution in [2.45, 2.75) is 6.18 Å². The molecular weight excluding hydrogens is 545 g/mol. The number of halogens is 3. The average Bonchev–Trinajstić information content (AvgIpc) is 3.00. The third-order valence-corrected chi connectivity index (χ3v) is 7.19. The fourth-order valence-electron chi connectivity index (χ4n) is 5.08. The van der Waals surface area contributed by atoms with Gasteiger partial charge in [0.1, 0.15) is 5.69 Å². The zero-order valence-electron chi connectivity index (χ0n) is 22.9. The van der Waals surface area contributed by atoms with E-state index >= 15 is 0 Å². The molecule has 1 aliphatic carbocycles. The summed E-state index contributed by atoms with van der Waals surface area (Å²) in [7, 11) is 1.56. The summed E-state index contributed by atoms with van der Waals surface area (Å²) in [5, 5.41) is 4.09. The van der Waals surface area contributed by atoms with Gasteiger partial charge in [0, 0.05) is 31.5 Å². The van der Waals surface area contributed by atoms with Crippen LogP contribution in [0.4, 0.5) is 24.5 Å². The zero-order valence-corrected chi connectivity index (χ0v) is 22.9. The molecular formula is C31H29F3N6O2. The van der Waals surface area contributed by atoms with Crippen LogP contribution in [0.3, 0.4) is 0 Å². The van der Waals surface area contributed by atoms with E-state index in [0.29, 0.717) is 65.0 Å². The van der Waals surface area contributed by atoms with Gasteiger partial charge in [-0.1, -0.05) is 12.1 Å². The lowest BCUT2D eigenvalue weighted by atomic mass is 10.1. The molecule has 1 fully saturated rings. The fraction of sp³-hybridized carbons (Fsp3) is 0.258. The van der Waals surface area contributed by atoms with Crippen molar-refractivity contribution in [3.05, 3.63) is 89.9 Å². The monoisotopic (exact) mass is 574 g/mol. The number of pyridine rings is 1. The Bertz CT molecular complexity index is 1730. The maximum absolute atomic E-state index is 13.4. The van der Waals surface area contributed by atoms with Crippen molar-refractivity contribution < 1.29 is 22.6 Å². The summed E-state index contributed by atoms with van der Waals surface area (Å²) in [4.78, 5) is 16.5. The van der Waals surface area contributed by atoms with Crippen molar-refractivity contribution >= 4 is 22.4 Å². The van der Waals surface area contributed by atoms with E-state index in [1.54, 1.807) is 13.3 Å². The van der Waals surface area contributed by atoms with E-state index in [0.717, 1.165) is 37.3 Å². The molecule has 1 aromatic heterocycles. The van der Waals surface area contributed by atoms with Crippen molar-refractivity contribution in [2.75, 3.05) is 51.8 Å². The number of fused-ring (bicyclic) bond motifs is 2. The van der Waals surface area contributed by atoms with E-state index < -0.39 is 11.7 Å².